The molecule has 0 aromatic carbocycles. The van der Waals surface area contributed by atoms with E-state index < -0.39 is 0 Å². The van der Waals surface area contributed by atoms with Gasteiger partial charge in [0.1, 0.15) is 0 Å². The fraction of sp³-hybridized carbons (Fsp3) is 0.688. The van der Waals surface area contributed by atoms with Crippen LogP contribution in [0.15, 0.2) is 18.5 Å². The van der Waals surface area contributed by atoms with Crippen molar-refractivity contribution in [1.82, 2.24) is 15.3 Å². The number of aromatic nitrogens is 2. The van der Waals surface area contributed by atoms with E-state index in [0.717, 1.165) is 25.8 Å². The van der Waals surface area contributed by atoms with Gasteiger partial charge in [-0.05, 0) is 39.2 Å². The van der Waals surface area contributed by atoms with E-state index in [-0.39, 0.29) is 17.9 Å². The number of piperidine rings is 1. The number of carbonyl (C=O) groups is 1. The van der Waals surface area contributed by atoms with Crippen LogP contribution in [0.2, 0.25) is 0 Å². The first-order valence-electron chi connectivity index (χ1n) is 8.08. The Hall–Kier alpha value is -1.69. The van der Waals surface area contributed by atoms with Crippen LogP contribution in [0.1, 0.15) is 33.1 Å². The van der Waals surface area contributed by atoms with Gasteiger partial charge in [-0.1, -0.05) is 0 Å². The summed E-state index contributed by atoms with van der Waals surface area (Å²) in [4.78, 5) is 22.9. The second-order valence-electron chi connectivity index (χ2n) is 5.90. The van der Waals surface area contributed by atoms with E-state index in [1.54, 1.807) is 18.5 Å². The summed E-state index contributed by atoms with van der Waals surface area (Å²) in [6, 6.07) is 1.80. The highest BCUT2D eigenvalue weighted by atomic mass is 16.5. The average molecular weight is 306 g/mol. The van der Waals surface area contributed by atoms with Gasteiger partial charge in [0.15, 0.2) is 0 Å². The second kappa shape index (κ2) is 8.68. The molecule has 1 aliphatic rings. The molecule has 0 aliphatic carbocycles. The van der Waals surface area contributed by atoms with E-state index in [4.69, 9.17) is 4.74 Å². The van der Waals surface area contributed by atoms with Crippen LogP contribution in [-0.2, 0) is 9.53 Å². The zero-order chi connectivity index (χ0) is 15.8. The molecule has 1 aromatic heterocycles. The third kappa shape index (κ3) is 5.26. The van der Waals surface area contributed by atoms with Gasteiger partial charge in [-0.3, -0.25) is 4.79 Å². The van der Waals surface area contributed by atoms with Crippen LogP contribution in [0.3, 0.4) is 0 Å². The fourth-order valence-electron chi connectivity index (χ4n) is 2.57. The maximum atomic E-state index is 12.3. The highest BCUT2D eigenvalue weighted by molar-refractivity contribution is 5.79. The molecular formula is C16H26N4O2. The molecule has 6 nitrogen and oxygen atoms in total. The summed E-state index contributed by atoms with van der Waals surface area (Å²) in [7, 11) is 0. The number of ether oxygens (including phenoxy) is 1. The van der Waals surface area contributed by atoms with Crippen LogP contribution in [-0.4, -0.2) is 48.2 Å². The predicted molar refractivity (Wildman–Crippen MR) is 85.7 cm³/mol. The van der Waals surface area contributed by atoms with Crippen molar-refractivity contribution in [2.75, 3.05) is 31.1 Å². The molecule has 0 unspecified atom stereocenters. The highest BCUT2D eigenvalue weighted by Crippen LogP contribution is 2.19. The molecular weight excluding hydrogens is 280 g/mol. The Bertz CT molecular complexity index is 453. The summed E-state index contributed by atoms with van der Waals surface area (Å²) in [5, 5.41) is 3.01. The molecule has 1 aromatic rings. The summed E-state index contributed by atoms with van der Waals surface area (Å²) in [5.74, 6) is 0.860. The van der Waals surface area contributed by atoms with Crippen LogP contribution in [0, 0.1) is 5.92 Å². The molecule has 1 amide bonds. The SMILES string of the molecule is CC(C)OCCCNC(=O)[C@H]1CCCN(c2ncccn2)C1. The van der Waals surface area contributed by atoms with Crippen LogP contribution in [0.5, 0.6) is 0 Å². The Morgan fingerprint density at radius 3 is 2.95 bits per heavy atom. The van der Waals surface area contributed by atoms with Gasteiger partial charge in [0.25, 0.3) is 0 Å². The molecule has 0 spiro atoms. The third-order valence-electron chi connectivity index (χ3n) is 3.70. The van der Waals surface area contributed by atoms with Gasteiger partial charge in [-0.25, -0.2) is 9.97 Å². The highest BCUT2D eigenvalue weighted by Gasteiger charge is 2.26. The molecule has 2 heterocycles. The normalized spacial score (nSPS) is 18.5. The Kier molecular flexibility index (Phi) is 6.58. The molecule has 1 aliphatic heterocycles. The van der Waals surface area contributed by atoms with Crippen molar-refractivity contribution >= 4 is 11.9 Å². The average Bonchev–Trinajstić information content (AvgIpc) is 2.55. The molecule has 1 atom stereocenters. The quantitative estimate of drug-likeness (QED) is 0.775. The van der Waals surface area contributed by atoms with Crippen molar-refractivity contribution in [3.8, 4) is 0 Å². The number of nitrogens with zero attached hydrogens (tertiary/aromatic N) is 3. The van der Waals surface area contributed by atoms with Crippen LogP contribution in [0.4, 0.5) is 5.95 Å². The molecule has 2 rings (SSSR count). The third-order valence-corrected chi connectivity index (χ3v) is 3.70. The summed E-state index contributed by atoms with van der Waals surface area (Å²) in [6.07, 6.45) is 6.49. The molecule has 22 heavy (non-hydrogen) atoms. The zero-order valence-corrected chi connectivity index (χ0v) is 13.5. The van der Waals surface area contributed by atoms with Crippen molar-refractivity contribution in [3.05, 3.63) is 18.5 Å². The van der Waals surface area contributed by atoms with Gasteiger partial charge < -0.3 is 15.0 Å². The van der Waals surface area contributed by atoms with E-state index in [9.17, 15) is 4.79 Å². The monoisotopic (exact) mass is 306 g/mol. The summed E-state index contributed by atoms with van der Waals surface area (Å²) in [6.45, 7) is 6.99. The smallest absolute Gasteiger partial charge is 0.225 e. The van der Waals surface area contributed by atoms with Crippen molar-refractivity contribution < 1.29 is 9.53 Å². The number of hydrogen-bond acceptors (Lipinski definition) is 5. The molecule has 1 fully saturated rings. The molecule has 0 radical (unpaired) electrons. The first kappa shape index (κ1) is 16.7. The summed E-state index contributed by atoms with van der Waals surface area (Å²) in [5.41, 5.74) is 0. The number of amides is 1. The topological polar surface area (TPSA) is 67.3 Å². The van der Waals surface area contributed by atoms with Crippen LogP contribution >= 0.6 is 0 Å². The van der Waals surface area contributed by atoms with Crippen molar-refractivity contribution in [2.45, 2.75) is 39.2 Å². The van der Waals surface area contributed by atoms with Gasteiger partial charge in [-0.2, -0.15) is 0 Å². The lowest BCUT2D eigenvalue weighted by Crippen LogP contribution is -2.44. The number of carbonyl (C=O) groups excluding carboxylic acids is 1. The molecule has 122 valence electrons. The van der Waals surface area contributed by atoms with Crippen molar-refractivity contribution in [1.29, 1.82) is 0 Å². The second-order valence-corrected chi connectivity index (χ2v) is 5.90. The van der Waals surface area contributed by atoms with Crippen molar-refractivity contribution in [3.63, 3.8) is 0 Å². The predicted octanol–water partition coefficient (Wildman–Crippen LogP) is 1.62. The lowest BCUT2D eigenvalue weighted by Gasteiger charge is -2.31. The maximum Gasteiger partial charge on any atom is 0.225 e. The molecule has 0 saturated carbocycles. The van der Waals surface area contributed by atoms with E-state index in [0.29, 0.717) is 25.6 Å². The van der Waals surface area contributed by atoms with Gasteiger partial charge >= 0.3 is 0 Å². The summed E-state index contributed by atoms with van der Waals surface area (Å²) < 4.78 is 5.47. The standard InChI is InChI=1S/C16H26N4O2/c1-13(2)22-11-5-9-17-15(21)14-6-3-10-20(12-14)16-18-7-4-8-19-16/h4,7-8,13-14H,3,5-6,9-12H2,1-2H3,(H,17,21)/t14-/m0/s1. The maximum absolute atomic E-state index is 12.3. The van der Waals surface area contributed by atoms with Crippen molar-refractivity contribution in [2.24, 2.45) is 5.92 Å². The van der Waals surface area contributed by atoms with Gasteiger partial charge in [0, 0.05) is 38.6 Å². The summed E-state index contributed by atoms with van der Waals surface area (Å²) >= 11 is 0. The number of nitrogens with one attached hydrogen (secondary N) is 1. The van der Waals surface area contributed by atoms with Crippen LogP contribution in [0.25, 0.3) is 0 Å². The Balaban J connectivity index is 1.73. The number of anilines is 1. The fourth-order valence-corrected chi connectivity index (χ4v) is 2.57. The first-order valence-corrected chi connectivity index (χ1v) is 8.08. The van der Waals surface area contributed by atoms with E-state index in [1.165, 1.54) is 0 Å². The Morgan fingerprint density at radius 1 is 1.45 bits per heavy atom. The molecule has 6 heteroatoms. The molecule has 0 bridgehead atoms. The minimum Gasteiger partial charge on any atom is -0.379 e. The number of rotatable bonds is 7. The van der Waals surface area contributed by atoms with Gasteiger partial charge in [0.2, 0.25) is 11.9 Å². The minimum absolute atomic E-state index is 0.0172. The van der Waals surface area contributed by atoms with E-state index in [2.05, 4.69) is 20.2 Å². The first-order chi connectivity index (χ1) is 10.7. The zero-order valence-electron chi connectivity index (χ0n) is 13.5. The Morgan fingerprint density at radius 2 is 2.23 bits per heavy atom. The Labute approximate surface area is 132 Å². The van der Waals surface area contributed by atoms with Gasteiger partial charge in [0.05, 0.1) is 12.0 Å². The molecule has 1 N–H and O–H groups in total. The largest absolute Gasteiger partial charge is 0.379 e. The minimum atomic E-state index is 0.0172. The van der Waals surface area contributed by atoms with Crippen LogP contribution < -0.4 is 10.2 Å². The van der Waals surface area contributed by atoms with E-state index in [1.807, 2.05) is 13.8 Å². The van der Waals surface area contributed by atoms with Gasteiger partial charge in [-0.15, -0.1) is 0 Å². The molecule has 1 saturated heterocycles. The van der Waals surface area contributed by atoms with E-state index >= 15 is 0 Å². The lowest BCUT2D eigenvalue weighted by atomic mass is 9.97. The lowest BCUT2D eigenvalue weighted by molar-refractivity contribution is -0.125. The number of hydrogen-bond donors (Lipinski definition) is 1.